The van der Waals surface area contributed by atoms with Crippen molar-refractivity contribution in [3.05, 3.63) is 66.4 Å². The molecule has 144 valence electrons. The summed E-state index contributed by atoms with van der Waals surface area (Å²) in [6.07, 6.45) is 0. The third-order valence-electron chi connectivity index (χ3n) is 4.49. The minimum Gasteiger partial charge on any atom is -0.378 e. The maximum atomic E-state index is 12.9. The van der Waals surface area contributed by atoms with Gasteiger partial charge in [-0.1, -0.05) is 24.3 Å². The molecular formula is C21H22N4O3. The van der Waals surface area contributed by atoms with Crippen LogP contribution in [0, 0.1) is 12.8 Å². The van der Waals surface area contributed by atoms with Crippen LogP contribution in [0.15, 0.2) is 60.8 Å². The SMILES string of the molecule is C=C(Nc1ccc(N(C)C)cc1)[C@@H]1C(=O)NC(=O)N(c2ccc(C)cc2)C1=O. The number of nitrogens with zero attached hydrogens (tertiary/aromatic N) is 2. The topological polar surface area (TPSA) is 81.8 Å². The number of nitrogens with one attached hydrogen (secondary N) is 2. The van der Waals surface area contributed by atoms with Gasteiger partial charge in [-0.25, -0.2) is 9.69 Å². The Bertz CT molecular complexity index is 933. The van der Waals surface area contributed by atoms with Crippen LogP contribution >= 0.6 is 0 Å². The maximum Gasteiger partial charge on any atom is 0.335 e. The number of carbonyl (C=O) groups excluding carboxylic acids is 3. The zero-order chi connectivity index (χ0) is 20.4. The van der Waals surface area contributed by atoms with Crippen LogP contribution in [0.5, 0.6) is 0 Å². The number of barbiturate groups is 1. The molecule has 3 rings (SSSR count). The number of anilines is 3. The molecule has 28 heavy (non-hydrogen) atoms. The van der Waals surface area contributed by atoms with Gasteiger partial charge in [-0.15, -0.1) is 0 Å². The Morgan fingerprint density at radius 2 is 1.64 bits per heavy atom. The van der Waals surface area contributed by atoms with Gasteiger partial charge < -0.3 is 10.2 Å². The second-order valence-electron chi connectivity index (χ2n) is 6.83. The lowest BCUT2D eigenvalue weighted by Gasteiger charge is -2.31. The molecule has 0 bridgehead atoms. The summed E-state index contributed by atoms with van der Waals surface area (Å²) in [6.45, 7) is 5.76. The van der Waals surface area contributed by atoms with Crippen molar-refractivity contribution in [3.63, 3.8) is 0 Å². The fourth-order valence-corrected chi connectivity index (χ4v) is 2.92. The highest BCUT2D eigenvalue weighted by molar-refractivity contribution is 6.28. The molecule has 2 aromatic rings. The van der Waals surface area contributed by atoms with E-state index >= 15 is 0 Å². The first-order chi connectivity index (χ1) is 13.3. The average Bonchev–Trinajstić information content (AvgIpc) is 2.63. The van der Waals surface area contributed by atoms with E-state index in [1.165, 1.54) is 0 Å². The Balaban J connectivity index is 1.82. The molecule has 0 aromatic heterocycles. The molecule has 7 heteroatoms. The van der Waals surface area contributed by atoms with Gasteiger partial charge in [0, 0.05) is 31.2 Å². The van der Waals surface area contributed by atoms with Crippen LogP contribution in [-0.4, -0.2) is 31.9 Å². The Labute approximate surface area is 163 Å². The summed E-state index contributed by atoms with van der Waals surface area (Å²) in [4.78, 5) is 40.5. The molecule has 0 unspecified atom stereocenters. The zero-order valence-electron chi connectivity index (χ0n) is 16.0. The molecule has 4 amide bonds. The van der Waals surface area contributed by atoms with Gasteiger partial charge in [-0.3, -0.25) is 14.9 Å². The Morgan fingerprint density at radius 3 is 2.21 bits per heavy atom. The normalized spacial score (nSPS) is 16.6. The standard InChI is InChI=1S/C21H22N4O3/c1-13-5-9-17(10-6-13)25-20(27)18(19(26)23-21(25)28)14(2)22-15-7-11-16(12-8-15)24(3)4/h5-12,18,22H,2H2,1,3-4H3,(H,23,26,28)/t18-/m1/s1. The van der Waals surface area contributed by atoms with Crippen LogP contribution in [0.2, 0.25) is 0 Å². The van der Waals surface area contributed by atoms with Crippen LogP contribution in [0.3, 0.4) is 0 Å². The molecule has 2 N–H and O–H groups in total. The quantitative estimate of drug-likeness (QED) is 0.782. The third kappa shape index (κ3) is 3.73. The van der Waals surface area contributed by atoms with Crippen molar-refractivity contribution in [2.24, 2.45) is 5.92 Å². The number of hydrogen-bond acceptors (Lipinski definition) is 5. The number of rotatable bonds is 5. The molecule has 0 radical (unpaired) electrons. The first-order valence-corrected chi connectivity index (χ1v) is 8.76. The summed E-state index contributed by atoms with van der Waals surface area (Å²) in [7, 11) is 3.87. The fourth-order valence-electron chi connectivity index (χ4n) is 2.92. The molecule has 1 atom stereocenters. The van der Waals surface area contributed by atoms with Gasteiger partial charge >= 0.3 is 6.03 Å². The fraction of sp³-hybridized carbons (Fsp3) is 0.190. The van der Waals surface area contributed by atoms with Gasteiger partial charge in [0.05, 0.1) is 5.69 Å². The van der Waals surface area contributed by atoms with Gasteiger partial charge in [0.25, 0.3) is 5.91 Å². The first-order valence-electron chi connectivity index (χ1n) is 8.76. The van der Waals surface area contributed by atoms with Gasteiger partial charge in [0.15, 0.2) is 5.92 Å². The molecule has 0 spiro atoms. The van der Waals surface area contributed by atoms with E-state index in [2.05, 4.69) is 17.2 Å². The van der Waals surface area contributed by atoms with Crippen LogP contribution in [-0.2, 0) is 9.59 Å². The lowest BCUT2D eigenvalue weighted by atomic mass is 10.0. The highest BCUT2D eigenvalue weighted by Crippen LogP contribution is 2.26. The Kier molecular flexibility index (Phi) is 5.17. The monoisotopic (exact) mass is 378 g/mol. The number of urea groups is 1. The Hall–Kier alpha value is -3.61. The highest BCUT2D eigenvalue weighted by Gasteiger charge is 2.42. The summed E-state index contributed by atoms with van der Waals surface area (Å²) in [5.74, 6) is -2.55. The molecule has 2 aromatic carbocycles. The first kappa shape index (κ1) is 19.2. The molecule has 1 saturated heterocycles. The number of imide groups is 2. The molecular weight excluding hydrogens is 356 g/mol. The number of amides is 4. The van der Waals surface area contributed by atoms with E-state index in [4.69, 9.17) is 0 Å². The van der Waals surface area contributed by atoms with E-state index in [1.54, 1.807) is 24.3 Å². The van der Waals surface area contributed by atoms with E-state index < -0.39 is 23.8 Å². The summed E-state index contributed by atoms with van der Waals surface area (Å²) in [6, 6.07) is 13.6. The smallest absolute Gasteiger partial charge is 0.335 e. The van der Waals surface area contributed by atoms with E-state index in [9.17, 15) is 14.4 Å². The lowest BCUT2D eigenvalue weighted by Crippen LogP contribution is -2.59. The van der Waals surface area contributed by atoms with Crippen molar-refractivity contribution < 1.29 is 14.4 Å². The second-order valence-corrected chi connectivity index (χ2v) is 6.83. The van der Waals surface area contributed by atoms with Gasteiger partial charge in [0.2, 0.25) is 5.91 Å². The molecule has 7 nitrogen and oxygen atoms in total. The summed E-state index contributed by atoms with van der Waals surface area (Å²) < 4.78 is 0. The molecule has 1 heterocycles. The van der Waals surface area contributed by atoms with Crippen molar-refractivity contribution in [2.75, 3.05) is 29.2 Å². The van der Waals surface area contributed by atoms with Gasteiger partial charge in [0.1, 0.15) is 0 Å². The molecule has 1 fully saturated rings. The second kappa shape index (κ2) is 7.56. The van der Waals surface area contributed by atoms with E-state index in [-0.39, 0.29) is 5.70 Å². The zero-order valence-corrected chi connectivity index (χ0v) is 16.0. The van der Waals surface area contributed by atoms with Crippen LogP contribution in [0.4, 0.5) is 21.9 Å². The van der Waals surface area contributed by atoms with Crippen LogP contribution < -0.4 is 20.4 Å². The number of aryl methyl sites for hydroxylation is 1. The average molecular weight is 378 g/mol. The van der Waals surface area contributed by atoms with Crippen molar-refractivity contribution in [1.29, 1.82) is 0 Å². The Morgan fingerprint density at radius 1 is 1.04 bits per heavy atom. The molecule has 0 aliphatic carbocycles. The number of carbonyl (C=O) groups is 3. The van der Waals surface area contributed by atoms with Crippen molar-refractivity contribution in [2.45, 2.75) is 6.92 Å². The third-order valence-corrected chi connectivity index (χ3v) is 4.49. The largest absolute Gasteiger partial charge is 0.378 e. The summed E-state index contributed by atoms with van der Waals surface area (Å²) >= 11 is 0. The van der Waals surface area contributed by atoms with Crippen molar-refractivity contribution >= 4 is 34.9 Å². The van der Waals surface area contributed by atoms with E-state index in [0.29, 0.717) is 11.4 Å². The van der Waals surface area contributed by atoms with Crippen molar-refractivity contribution in [1.82, 2.24) is 5.32 Å². The molecule has 1 aliphatic rings. The van der Waals surface area contributed by atoms with Gasteiger partial charge in [-0.2, -0.15) is 0 Å². The predicted molar refractivity (Wildman–Crippen MR) is 109 cm³/mol. The summed E-state index contributed by atoms with van der Waals surface area (Å²) in [5.41, 5.74) is 3.29. The van der Waals surface area contributed by atoms with E-state index in [1.807, 2.05) is 50.2 Å². The maximum absolute atomic E-state index is 12.9. The number of benzene rings is 2. The minimum atomic E-state index is -1.22. The van der Waals surface area contributed by atoms with Gasteiger partial charge in [-0.05, 0) is 43.3 Å². The van der Waals surface area contributed by atoms with Crippen LogP contribution in [0.25, 0.3) is 0 Å². The van der Waals surface area contributed by atoms with Crippen LogP contribution in [0.1, 0.15) is 5.56 Å². The summed E-state index contributed by atoms with van der Waals surface area (Å²) in [5, 5.41) is 5.24. The van der Waals surface area contributed by atoms with E-state index in [0.717, 1.165) is 16.2 Å². The highest BCUT2D eigenvalue weighted by atomic mass is 16.2. The minimum absolute atomic E-state index is 0.199. The van der Waals surface area contributed by atoms with Crippen molar-refractivity contribution in [3.8, 4) is 0 Å². The molecule has 0 saturated carbocycles. The molecule has 1 aliphatic heterocycles. The lowest BCUT2D eigenvalue weighted by molar-refractivity contribution is -0.132. The number of hydrogen-bond donors (Lipinski definition) is 2. The predicted octanol–water partition coefficient (Wildman–Crippen LogP) is 2.89.